The summed E-state index contributed by atoms with van der Waals surface area (Å²) >= 11 is 0. The summed E-state index contributed by atoms with van der Waals surface area (Å²) in [4.78, 5) is 0. The Morgan fingerprint density at radius 3 is 3.00 bits per heavy atom. The minimum absolute atomic E-state index is 0.266. The number of hydrogen-bond donors (Lipinski definition) is 1. The summed E-state index contributed by atoms with van der Waals surface area (Å²) in [5.41, 5.74) is 0.237. The molecule has 82 valence electrons. The number of aliphatic hydroxyl groups is 1. The maximum absolute atomic E-state index is 13.1. The van der Waals surface area contributed by atoms with Crippen LogP contribution < -0.4 is 0 Å². The zero-order valence-electron chi connectivity index (χ0n) is 8.74. The molecular weight excluding hydrogens is 195 g/mol. The highest BCUT2D eigenvalue weighted by molar-refractivity contribution is 5.23. The molecule has 1 fully saturated rings. The van der Waals surface area contributed by atoms with Gasteiger partial charge >= 0.3 is 0 Å². The van der Waals surface area contributed by atoms with Crippen LogP contribution in [0.25, 0.3) is 0 Å². The van der Waals surface area contributed by atoms with Gasteiger partial charge in [-0.15, -0.1) is 0 Å². The van der Waals surface area contributed by atoms with E-state index in [2.05, 4.69) is 0 Å². The lowest BCUT2D eigenvalue weighted by Crippen LogP contribution is -2.37. The van der Waals surface area contributed by atoms with Crippen LogP contribution in [0.5, 0.6) is 0 Å². The Hall–Kier alpha value is -0.930. The first-order chi connectivity index (χ1) is 7.10. The number of aliphatic hydroxyl groups excluding tert-OH is 1. The minimum atomic E-state index is -0.556. The van der Waals surface area contributed by atoms with Gasteiger partial charge in [0.2, 0.25) is 0 Å². The molecule has 0 aromatic heterocycles. The van der Waals surface area contributed by atoms with Gasteiger partial charge < -0.3 is 9.84 Å². The Morgan fingerprint density at radius 1 is 1.53 bits per heavy atom. The van der Waals surface area contributed by atoms with Crippen molar-refractivity contribution in [3.63, 3.8) is 0 Å². The van der Waals surface area contributed by atoms with E-state index in [1.807, 2.05) is 13.0 Å². The molecule has 2 atom stereocenters. The van der Waals surface area contributed by atoms with Gasteiger partial charge in [-0.05, 0) is 31.0 Å². The van der Waals surface area contributed by atoms with E-state index in [1.54, 1.807) is 6.07 Å². The average Bonchev–Trinajstić information content (AvgIpc) is 2.17. The number of benzene rings is 1. The molecule has 1 aromatic rings. The predicted molar refractivity (Wildman–Crippen MR) is 54.9 cm³/mol. The Balaban J connectivity index is 2.28. The van der Waals surface area contributed by atoms with Crippen molar-refractivity contribution < 1.29 is 14.2 Å². The van der Waals surface area contributed by atoms with Crippen LogP contribution in [0.3, 0.4) is 0 Å². The first-order valence-electron chi connectivity index (χ1n) is 5.18. The van der Waals surface area contributed by atoms with Crippen molar-refractivity contribution in [2.75, 3.05) is 6.61 Å². The van der Waals surface area contributed by atoms with Gasteiger partial charge in [0.25, 0.3) is 0 Å². The van der Waals surface area contributed by atoms with Crippen molar-refractivity contribution in [1.29, 1.82) is 0 Å². The zero-order valence-corrected chi connectivity index (χ0v) is 8.74. The molecule has 1 saturated heterocycles. The molecule has 15 heavy (non-hydrogen) atoms. The van der Waals surface area contributed by atoms with Gasteiger partial charge in [-0.1, -0.05) is 12.1 Å². The van der Waals surface area contributed by atoms with Crippen molar-refractivity contribution in [3.05, 3.63) is 35.6 Å². The maximum atomic E-state index is 13.1. The highest BCUT2D eigenvalue weighted by Gasteiger charge is 2.34. The maximum Gasteiger partial charge on any atom is 0.123 e. The zero-order chi connectivity index (χ0) is 10.9. The first kappa shape index (κ1) is 10.6. The Morgan fingerprint density at radius 2 is 2.33 bits per heavy atom. The highest BCUT2D eigenvalue weighted by atomic mass is 19.1. The van der Waals surface area contributed by atoms with Gasteiger partial charge in [0.1, 0.15) is 5.82 Å². The third kappa shape index (κ3) is 2.19. The fourth-order valence-electron chi connectivity index (χ4n) is 2.05. The Labute approximate surface area is 88.7 Å². The summed E-state index contributed by atoms with van der Waals surface area (Å²) in [5, 5.41) is 9.60. The lowest BCUT2D eigenvalue weighted by atomic mass is 9.87. The van der Waals surface area contributed by atoms with E-state index < -0.39 is 5.60 Å². The molecule has 0 spiro atoms. The van der Waals surface area contributed by atoms with Gasteiger partial charge in [0, 0.05) is 6.42 Å². The van der Waals surface area contributed by atoms with E-state index in [9.17, 15) is 9.50 Å². The van der Waals surface area contributed by atoms with Crippen LogP contribution in [0.15, 0.2) is 24.3 Å². The molecule has 2 nitrogen and oxygen atoms in total. The summed E-state index contributed by atoms with van der Waals surface area (Å²) in [6, 6.07) is 6.38. The fourth-order valence-corrected chi connectivity index (χ4v) is 2.05. The van der Waals surface area contributed by atoms with E-state index in [0.29, 0.717) is 19.4 Å². The second kappa shape index (κ2) is 3.91. The predicted octanol–water partition coefficient (Wildman–Crippen LogP) is 2.21. The molecule has 2 unspecified atom stereocenters. The summed E-state index contributed by atoms with van der Waals surface area (Å²) in [5.74, 6) is -0.266. The largest absolute Gasteiger partial charge is 0.393 e. The standard InChI is InChI=1S/C12H15FO2/c1-12(8-11(14)5-6-15-12)9-3-2-4-10(13)7-9/h2-4,7,11,14H,5-6,8H2,1H3. The second-order valence-corrected chi connectivity index (χ2v) is 4.24. The highest BCUT2D eigenvalue weighted by Crippen LogP contribution is 2.34. The number of halogens is 1. The molecule has 1 N–H and O–H groups in total. The molecule has 0 aliphatic carbocycles. The van der Waals surface area contributed by atoms with Gasteiger partial charge in [0.15, 0.2) is 0 Å². The van der Waals surface area contributed by atoms with Gasteiger partial charge in [-0.3, -0.25) is 0 Å². The molecule has 1 aliphatic rings. The van der Waals surface area contributed by atoms with Crippen molar-refractivity contribution in [2.45, 2.75) is 31.5 Å². The molecule has 0 saturated carbocycles. The number of rotatable bonds is 1. The molecular formula is C12H15FO2. The SMILES string of the molecule is CC1(c2cccc(F)c2)CC(O)CCO1. The van der Waals surface area contributed by atoms with Gasteiger partial charge in [0.05, 0.1) is 18.3 Å². The first-order valence-corrected chi connectivity index (χ1v) is 5.18. The van der Waals surface area contributed by atoms with Crippen LogP contribution in [-0.4, -0.2) is 17.8 Å². The molecule has 0 radical (unpaired) electrons. The van der Waals surface area contributed by atoms with Crippen LogP contribution in [0, 0.1) is 5.82 Å². The smallest absolute Gasteiger partial charge is 0.123 e. The summed E-state index contributed by atoms with van der Waals surface area (Å²) in [6.45, 7) is 2.42. The van der Waals surface area contributed by atoms with Crippen LogP contribution in [0.4, 0.5) is 4.39 Å². The minimum Gasteiger partial charge on any atom is -0.393 e. The van der Waals surface area contributed by atoms with Crippen LogP contribution in [0.2, 0.25) is 0 Å². The van der Waals surface area contributed by atoms with E-state index in [4.69, 9.17) is 4.74 Å². The van der Waals surface area contributed by atoms with Gasteiger partial charge in [-0.25, -0.2) is 4.39 Å². The van der Waals surface area contributed by atoms with Crippen molar-refractivity contribution in [1.82, 2.24) is 0 Å². The van der Waals surface area contributed by atoms with Crippen LogP contribution in [-0.2, 0) is 10.3 Å². The van der Waals surface area contributed by atoms with E-state index >= 15 is 0 Å². The molecule has 2 rings (SSSR count). The fraction of sp³-hybridized carbons (Fsp3) is 0.500. The number of ether oxygens (including phenoxy) is 1. The Kier molecular flexibility index (Phi) is 2.76. The third-order valence-corrected chi connectivity index (χ3v) is 2.93. The van der Waals surface area contributed by atoms with E-state index in [0.717, 1.165) is 5.56 Å². The third-order valence-electron chi connectivity index (χ3n) is 2.93. The molecule has 1 aliphatic heterocycles. The van der Waals surface area contributed by atoms with Crippen molar-refractivity contribution >= 4 is 0 Å². The quantitative estimate of drug-likeness (QED) is 0.770. The van der Waals surface area contributed by atoms with Crippen molar-refractivity contribution in [2.24, 2.45) is 0 Å². The number of hydrogen-bond acceptors (Lipinski definition) is 2. The van der Waals surface area contributed by atoms with E-state index in [1.165, 1.54) is 12.1 Å². The van der Waals surface area contributed by atoms with Gasteiger partial charge in [-0.2, -0.15) is 0 Å². The molecule has 3 heteroatoms. The van der Waals surface area contributed by atoms with Crippen LogP contribution in [0.1, 0.15) is 25.3 Å². The lowest BCUT2D eigenvalue weighted by molar-refractivity contribution is -0.112. The van der Waals surface area contributed by atoms with Crippen LogP contribution >= 0.6 is 0 Å². The Bertz CT molecular complexity index is 353. The molecule has 0 bridgehead atoms. The summed E-state index contributed by atoms with van der Waals surface area (Å²) < 4.78 is 18.7. The monoisotopic (exact) mass is 210 g/mol. The molecule has 1 aromatic carbocycles. The van der Waals surface area contributed by atoms with Crippen molar-refractivity contribution in [3.8, 4) is 0 Å². The summed E-state index contributed by atoms with van der Waals surface area (Å²) in [7, 11) is 0. The topological polar surface area (TPSA) is 29.5 Å². The molecule has 1 heterocycles. The average molecular weight is 210 g/mol. The second-order valence-electron chi connectivity index (χ2n) is 4.24. The normalized spacial score (nSPS) is 31.5. The lowest BCUT2D eigenvalue weighted by Gasteiger charge is -2.36. The summed E-state index contributed by atoms with van der Waals surface area (Å²) in [6.07, 6.45) is 0.827. The van der Waals surface area contributed by atoms with E-state index in [-0.39, 0.29) is 11.9 Å². The molecule has 0 amide bonds.